The first-order chi connectivity index (χ1) is 12.9. The van der Waals surface area contributed by atoms with Crippen molar-refractivity contribution in [2.75, 3.05) is 27.2 Å². The summed E-state index contributed by atoms with van der Waals surface area (Å²) in [5.41, 5.74) is 2.85. The molecule has 1 unspecified atom stereocenters. The molecule has 27 heavy (non-hydrogen) atoms. The van der Waals surface area contributed by atoms with Crippen LogP contribution in [-0.2, 0) is 6.42 Å². The lowest BCUT2D eigenvalue weighted by atomic mass is 9.98. The molecule has 1 aromatic rings. The summed E-state index contributed by atoms with van der Waals surface area (Å²) in [4.78, 5) is 2.32. The third-order valence-corrected chi connectivity index (χ3v) is 4.90. The van der Waals surface area contributed by atoms with Crippen molar-refractivity contribution in [2.45, 2.75) is 93.0 Å². The zero-order valence-corrected chi connectivity index (χ0v) is 20.1. The number of hydrogen-bond acceptors (Lipinski definition) is 2. The third kappa shape index (κ3) is 17.0. The van der Waals surface area contributed by atoms with E-state index in [4.69, 9.17) is 0 Å². The van der Waals surface area contributed by atoms with Crippen LogP contribution in [0.5, 0.6) is 0 Å². The molecule has 1 N–H and O–H groups in total. The number of unbranched alkanes of at least 4 members (excludes halogenated alkanes) is 1. The Balaban J connectivity index is 0. The topological polar surface area (TPSA) is 15.3 Å². The molecule has 0 aliphatic carbocycles. The van der Waals surface area contributed by atoms with Gasteiger partial charge in [0.25, 0.3) is 0 Å². The van der Waals surface area contributed by atoms with Gasteiger partial charge in [-0.05, 0) is 64.9 Å². The van der Waals surface area contributed by atoms with Gasteiger partial charge in [-0.3, -0.25) is 0 Å². The van der Waals surface area contributed by atoms with E-state index in [-0.39, 0.29) is 0 Å². The molecule has 0 spiro atoms. The Morgan fingerprint density at radius 1 is 1.04 bits per heavy atom. The largest absolute Gasteiger partial charge is 0.317 e. The van der Waals surface area contributed by atoms with E-state index < -0.39 is 0 Å². The summed E-state index contributed by atoms with van der Waals surface area (Å²) in [7, 11) is 4.33. The lowest BCUT2D eigenvalue weighted by molar-refractivity contribution is 0.238. The molecule has 1 fully saturated rings. The summed E-state index contributed by atoms with van der Waals surface area (Å²) < 4.78 is 0. The fourth-order valence-electron chi connectivity index (χ4n) is 2.71. The van der Waals surface area contributed by atoms with Crippen LogP contribution in [0.1, 0.15) is 84.8 Å². The standard InChI is InChI=1S/C12H18.C7H16N2.C4H10.C2H6/c1-4-10(2)8-12-7-5-6-11(3)9-12;1-9(2)7-3-5-8-6-4-7;1-3-4-2;1-2/h5-7,9-10H,4,8H2,1-3H3;7-8H,3-6H2,1-2H3;3-4H2,1-2H3;1-2H3. The van der Waals surface area contributed by atoms with Gasteiger partial charge in [-0.15, -0.1) is 0 Å². The first kappa shape index (κ1) is 28.4. The van der Waals surface area contributed by atoms with Gasteiger partial charge in [-0.25, -0.2) is 0 Å². The highest BCUT2D eigenvalue weighted by atomic mass is 15.1. The number of benzene rings is 1. The van der Waals surface area contributed by atoms with Crippen LogP contribution in [-0.4, -0.2) is 38.1 Å². The monoisotopic (exact) mass is 378 g/mol. The van der Waals surface area contributed by atoms with Crippen LogP contribution in [0.25, 0.3) is 0 Å². The lowest BCUT2D eigenvalue weighted by Crippen LogP contribution is -2.39. The number of piperidine rings is 1. The second-order valence-electron chi connectivity index (χ2n) is 7.65. The van der Waals surface area contributed by atoms with Gasteiger partial charge in [0, 0.05) is 6.04 Å². The molecular formula is C25H50N2. The number of aryl methyl sites for hydroxylation is 1. The molecule has 1 atom stereocenters. The summed E-state index contributed by atoms with van der Waals surface area (Å²) >= 11 is 0. The summed E-state index contributed by atoms with van der Waals surface area (Å²) in [6.07, 6.45) is 7.76. The van der Waals surface area contributed by atoms with Gasteiger partial charge < -0.3 is 10.2 Å². The Hall–Kier alpha value is -0.860. The fourth-order valence-corrected chi connectivity index (χ4v) is 2.71. The maximum atomic E-state index is 3.34. The van der Waals surface area contributed by atoms with Gasteiger partial charge in [0.05, 0.1) is 0 Å². The maximum Gasteiger partial charge on any atom is 0.0113 e. The molecule has 1 heterocycles. The van der Waals surface area contributed by atoms with Crippen LogP contribution in [0.2, 0.25) is 0 Å². The Labute approximate surface area is 172 Å². The average Bonchev–Trinajstić information content (AvgIpc) is 2.70. The summed E-state index contributed by atoms with van der Waals surface area (Å²) in [5.74, 6) is 0.812. The highest BCUT2D eigenvalue weighted by molar-refractivity contribution is 5.22. The van der Waals surface area contributed by atoms with Crippen molar-refractivity contribution in [3.63, 3.8) is 0 Å². The Bertz CT molecular complexity index is 407. The quantitative estimate of drug-likeness (QED) is 0.612. The molecule has 0 radical (unpaired) electrons. The first-order valence-electron chi connectivity index (χ1n) is 11.4. The fraction of sp³-hybridized carbons (Fsp3) is 0.760. The molecule has 1 aliphatic heterocycles. The number of nitrogens with one attached hydrogen (secondary N) is 1. The molecule has 0 bridgehead atoms. The van der Waals surface area contributed by atoms with Crippen LogP contribution in [0, 0.1) is 12.8 Å². The second kappa shape index (κ2) is 19.9. The number of hydrogen-bond donors (Lipinski definition) is 1. The van der Waals surface area contributed by atoms with Crippen molar-refractivity contribution in [1.82, 2.24) is 10.2 Å². The predicted molar refractivity (Wildman–Crippen MR) is 126 cm³/mol. The van der Waals surface area contributed by atoms with E-state index in [0.717, 1.165) is 12.0 Å². The summed E-state index contributed by atoms with van der Waals surface area (Å²) in [6.45, 7) is 17.5. The molecule has 0 amide bonds. The smallest absolute Gasteiger partial charge is 0.0113 e. The molecular weight excluding hydrogens is 328 g/mol. The van der Waals surface area contributed by atoms with Gasteiger partial charge in [-0.1, -0.05) is 90.6 Å². The molecule has 1 aromatic carbocycles. The Morgan fingerprint density at radius 2 is 1.59 bits per heavy atom. The van der Waals surface area contributed by atoms with Crippen molar-refractivity contribution in [1.29, 1.82) is 0 Å². The number of rotatable bonds is 5. The van der Waals surface area contributed by atoms with Crippen molar-refractivity contribution in [3.05, 3.63) is 35.4 Å². The minimum absolute atomic E-state index is 0.812. The van der Waals surface area contributed by atoms with Crippen molar-refractivity contribution in [3.8, 4) is 0 Å². The highest BCUT2D eigenvalue weighted by Crippen LogP contribution is 2.12. The van der Waals surface area contributed by atoms with E-state index in [1.807, 2.05) is 13.8 Å². The minimum atomic E-state index is 0.812. The van der Waals surface area contributed by atoms with Crippen LogP contribution in [0.4, 0.5) is 0 Å². The molecule has 160 valence electrons. The van der Waals surface area contributed by atoms with E-state index >= 15 is 0 Å². The highest BCUT2D eigenvalue weighted by Gasteiger charge is 2.13. The molecule has 0 saturated carbocycles. The Morgan fingerprint density at radius 3 is 1.96 bits per heavy atom. The van der Waals surface area contributed by atoms with Gasteiger partial charge in [0.2, 0.25) is 0 Å². The SMILES string of the molecule is CC.CCC(C)Cc1cccc(C)c1.CCCC.CN(C)C1CCNCC1. The average molecular weight is 379 g/mol. The van der Waals surface area contributed by atoms with E-state index in [2.05, 4.69) is 83.2 Å². The van der Waals surface area contributed by atoms with Gasteiger partial charge in [0.15, 0.2) is 0 Å². The van der Waals surface area contributed by atoms with E-state index in [1.165, 1.54) is 62.7 Å². The second-order valence-corrected chi connectivity index (χ2v) is 7.65. The van der Waals surface area contributed by atoms with Crippen LogP contribution in [0.3, 0.4) is 0 Å². The van der Waals surface area contributed by atoms with Crippen molar-refractivity contribution in [2.24, 2.45) is 5.92 Å². The Kier molecular flexibility index (Phi) is 20.9. The zero-order chi connectivity index (χ0) is 21.1. The zero-order valence-electron chi connectivity index (χ0n) is 20.1. The van der Waals surface area contributed by atoms with Crippen LogP contribution < -0.4 is 5.32 Å². The molecule has 1 saturated heterocycles. The van der Waals surface area contributed by atoms with E-state index in [1.54, 1.807) is 0 Å². The van der Waals surface area contributed by atoms with Crippen molar-refractivity contribution >= 4 is 0 Å². The molecule has 2 nitrogen and oxygen atoms in total. The third-order valence-electron chi connectivity index (χ3n) is 4.90. The summed E-state index contributed by atoms with van der Waals surface area (Å²) in [5, 5.41) is 3.34. The molecule has 0 aromatic heterocycles. The molecule has 1 aliphatic rings. The predicted octanol–water partition coefficient (Wildman–Crippen LogP) is 6.72. The number of nitrogens with zero attached hydrogens (tertiary/aromatic N) is 1. The maximum absolute atomic E-state index is 3.34. The molecule has 2 heteroatoms. The van der Waals surface area contributed by atoms with Gasteiger partial charge >= 0.3 is 0 Å². The minimum Gasteiger partial charge on any atom is -0.317 e. The van der Waals surface area contributed by atoms with Crippen LogP contribution >= 0.6 is 0 Å². The van der Waals surface area contributed by atoms with Gasteiger partial charge in [0.1, 0.15) is 0 Å². The van der Waals surface area contributed by atoms with E-state index in [9.17, 15) is 0 Å². The van der Waals surface area contributed by atoms with Crippen molar-refractivity contribution < 1.29 is 0 Å². The van der Waals surface area contributed by atoms with E-state index in [0.29, 0.717) is 0 Å². The summed E-state index contributed by atoms with van der Waals surface area (Å²) in [6, 6.07) is 9.63. The normalized spacial score (nSPS) is 14.7. The molecule has 2 rings (SSSR count). The van der Waals surface area contributed by atoms with Crippen LogP contribution in [0.15, 0.2) is 24.3 Å². The lowest BCUT2D eigenvalue weighted by Gasteiger charge is -2.28. The van der Waals surface area contributed by atoms with Gasteiger partial charge in [-0.2, -0.15) is 0 Å². The first-order valence-corrected chi connectivity index (χ1v) is 11.4.